The standard InChI is InChI=1S/C9H21NO6S/c1-13-4-5-15-8-9-16-7-6-14-3-2-10-17(11)12/h10H,2-9H2,1H3,(H,11,12)/p-1. The molecule has 0 heterocycles. The zero-order valence-corrected chi connectivity index (χ0v) is 10.8. The van der Waals surface area contributed by atoms with E-state index in [0.29, 0.717) is 46.2 Å². The molecule has 0 aromatic carbocycles. The van der Waals surface area contributed by atoms with Crippen LogP contribution in [0.3, 0.4) is 0 Å². The Morgan fingerprint density at radius 1 is 0.941 bits per heavy atom. The molecule has 0 amide bonds. The first-order valence-corrected chi connectivity index (χ1v) is 6.39. The molecule has 0 spiro atoms. The third kappa shape index (κ3) is 15.9. The van der Waals surface area contributed by atoms with Gasteiger partial charge in [0.15, 0.2) is 0 Å². The average Bonchev–Trinajstić information content (AvgIpc) is 2.30. The minimum Gasteiger partial charge on any atom is -0.760 e. The number of methoxy groups -OCH3 is 1. The quantitative estimate of drug-likeness (QED) is 0.343. The number of ether oxygens (including phenoxy) is 4. The van der Waals surface area contributed by atoms with Crippen molar-refractivity contribution in [3.8, 4) is 0 Å². The molecule has 0 radical (unpaired) electrons. The zero-order valence-electron chi connectivity index (χ0n) is 10.0. The summed E-state index contributed by atoms with van der Waals surface area (Å²) in [5, 5.41) is 0. The van der Waals surface area contributed by atoms with Crippen molar-refractivity contribution in [2.75, 3.05) is 59.9 Å². The molecule has 0 aliphatic carbocycles. The van der Waals surface area contributed by atoms with Crippen molar-refractivity contribution >= 4 is 11.3 Å². The summed E-state index contributed by atoms with van der Waals surface area (Å²) in [4.78, 5) is 0. The van der Waals surface area contributed by atoms with Gasteiger partial charge in [0.2, 0.25) is 0 Å². The number of rotatable bonds is 13. The first-order chi connectivity index (χ1) is 8.27. The van der Waals surface area contributed by atoms with Crippen LogP contribution < -0.4 is 4.72 Å². The Labute approximate surface area is 104 Å². The maximum atomic E-state index is 10.1. The van der Waals surface area contributed by atoms with Gasteiger partial charge in [0.05, 0.1) is 46.2 Å². The maximum absolute atomic E-state index is 10.1. The Morgan fingerprint density at radius 3 is 1.88 bits per heavy atom. The van der Waals surface area contributed by atoms with Crippen LogP contribution in [-0.2, 0) is 30.2 Å². The van der Waals surface area contributed by atoms with E-state index in [2.05, 4.69) is 4.72 Å². The van der Waals surface area contributed by atoms with Gasteiger partial charge in [0.25, 0.3) is 0 Å². The smallest absolute Gasteiger partial charge is 0.0701 e. The molecule has 0 fully saturated rings. The lowest BCUT2D eigenvalue weighted by Gasteiger charge is -2.08. The Balaban J connectivity index is 2.91. The Hall–Kier alpha value is -0.0900. The molecule has 1 unspecified atom stereocenters. The van der Waals surface area contributed by atoms with Crippen molar-refractivity contribution in [2.24, 2.45) is 0 Å². The van der Waals surface area contributed by atoms with E-state index in [4.69, 9.17) is 18.9 Å². The van der Waals surface area contributed by atoms with E-state index in [9.17, 15) is 8.76 Å². The van der Waals surface area contributed by atoms with Crippen LogP contribution in [0.25, 0.3) is 0 Å². The Kier molecular flexibility index (Phi) is 13.9. The normalized spacial score (nSPS) is 12.8. The highest BCUT2D eigenvalue weighted by atomic mass is 32.2. The first-order valence-electron chi connectivity index (χ1n) is 5.32. The van der Waals surface area contributed by atoms with Crippen LogP contribution >= 0.6 is 0 Å². The molecule has 104 valence electrons. The first kappa shape index (κ1) is 16.9. The molecule has 7 nitrogen and oxygen atoms in total. The molecule has 0 aliphatic rings. The van der Waals surface area contributed by atoms with Gasteiger partial charge in [-0.05, 0) is 0 Å². The number of hydrogen-bond acceptors (Lipinski definition) is 6. The lowest BCUT2D eigenvalue weighted by atomic mass is 10.7. The highest BCUT2D eigenvalue weighted by Crippen LogP contribution is 1.81. The van der Waals surface area contributed by atoms with Gasteiger partial charge in [-0.1, -0.05) is 0 Å². The molecule has 0 saturated heterocycles. The fraction of sp³-hybridized carbons (Fsp3) is 1.00. The van der Waals surface area contributed by atoms with Gasteiger partial charge in [0, 0.05) is 24.9 Å². The number of hydrogen-bond donors (Lipinski definition) is 1. The van der Waals surface area contributed by atoms with Gasteiger partial charge >= 0.3 is 0 Å². The minimum absolute atomic E-state index is 0.274. The van der Waals surface area contributed by atoms with E-state index in [1.807, 2.05) is 0 Å². The molecular weight excluding hydrogens is 250 g/mol. The minimum atomic E-state index is -2.22. The van der Waals surface area contributed by atoms with Crippen LogP contribution in [0.4, 0.5) is 0 Å². The molecular formula is C9H20NO6S-. The SMILES string of the molecule is COCCOCCOCCOCCNS(=O)[O-]. The molecule has 0 aromatic heterocycles. The molecule has 8 heteroatoms. The zero-order chi connectivity index (χ0) is 12.8. The van der Waals surface area contributed by atoms with Crippen molar-refractivity contribution in [1.29, 1.82) is 0 Å². The van der Waals surface area contributed by atoms with E-state index in [-0.39, 0.29) is 6.54 Å². The fourth-order valence-corrected chi connectivity index (χ4v) is 1.13. The molecule has 0 bridgehead atoms. The molecule has 0 aromatic rings. The molecule has 1 atom stereocenters. The van der Waals surface area contributed by atoms with Crippen LogP contribution in [0, 0.1) is 0 Å². The van der Waals surface area contributed by atoms with Crippen molar-refractivity contribution in [1.82, 2.24) is 4.72 Å². The summed E-state index contributed by atoms with van der Waals surface area (Å²) in [7, 11) is 1.62. The van der Waals surface area contributed by atoms with E-state index in [1.54, 1.807) is 7.11 Å². The van der Waals surface area contributed by atoms with Gasteiger partial charge in [0.1, 0.15) is 0 Å². The summed E-state index contributed by atoms with van der Waals surface area (Å²) >= 11 is -2.22. The summed E-state index contributed by atoms with van der Waals surface area (Å²) in [5.41, 5.74) is 0. The topological polar surface area (TPSA) is 89.1 Å². The third-order valence-electron chi connectivity index (χ3n) is 1.64. The van der Waals surface area contributed by atoms with Crippen molar-refractivity contribution < 1.29 is 27.7 Å². The predicted octanol–water partition coefficient (Wildman–Crippen LogP) is -0.934. The lowest BCUT2D eigenvalue weighted by Crippen LogP contribution is -2.22. The van der Waals surface area contributed by atoms with Gasteiger partial charge in [-0.15, -0.1) is 0 Å². The van der Waals surface area contributed by atoms with Crippen LogP contribution in [0.1, 0.15) is 0 Å². The van der Waals surface area contributed by atoms with E-state index < -0.39 is 11.3 Å². The highest BCUT2D eigenvalue weighted by molar-refractivity contribution is 7.77. The maximum Gasteiger partial charge on any atom is 0.0701 e. The van der Waals surface area contributed by atoms with E-state index in [1.165, 1.54) is 0 Å². The van der Waals surface area contributed by atoms with Crippen LogP contribution in [-0.4, -0.2) is 68.7 Å². The van der Waals surface area contributed by atoms with Gasteiger partial charge in [-0.2, -0.15) is 0 Å². The second-order valence-corrected chi connectivity index (χ2v) is 3.72. The Bertz CT molecular complexity index is 183. The highest BCUT2D eigenvalue weighted by Gasteiger charge is 1.91. The molecule has 17 heavy (non-hydrogen) atoms. The predicted molar refractivity (Wildman–Crippen MR) is 61.3 cm³/mol. The molecule has 0 rings (SSSR count). The summed E-state index contributed by atoms with van der Waals surface area (Å²) < 4.78 is 42.6. The Morgan fingerprint density at radius 2 is 1.41 bits per heavy atom. The summed E-state index contributed by atoms with van der Waals surface area (Å²) in [5.74, 6) is 0. The largest absolute Gasteiger partial charge is 0.760 e. The van der Waals surface area contributed by atoms with Crippen molar-refractivity contribution in [3.05, 3.63) is 0 Å². The molecule has 0 saturated carbocycles. The van der Waals surface area contributed by atoms with E-state index >= 15 is 0 Å². The molecule has 0 aliphatic heterocycles. The van der Waals surface area contributed by atoms with Crippen molar-refractivity contribution in [3.63, 3.8) is 0 Å². The van der Waals surface area contributed by atoms with Gasteiger partial charge < -0.3 is 23.5 Å². The van der Waals surface area contributed by atoms with Crippen LogP contribution in [0.5, 0.6) is 0 Å². The summed E-state index contributed by atoms with van der Waals surface area (Å²) in [6.45, 7) is 3.69. The van der Waals surface area contributed by atoms with E-state index in [0.717, 1.165) is 0 Å². The third-order valence-corrected chi connectivity index (χ3v) is 2.08. The monoisotopic (exact) mass is 270 g/mol. The fourth-order valence-electron chi connectivity index (χ4n) is 0.881. The van der Waals surface area contributed by atoms with Crippen LogP contribution in [0.2, 0.25) is 0 Å². The molecule has 1 N–H and O–H groups in total. The van der Waals surface area contributed by atoms with Gasteiger partial charge in [-0.25, -0.2) is 4.72 Å². The number of nitrogens with one attached hydrogen (secondary N) is 1. The summed E-state index contributed by atoms with van der Waals surface area (Å²) in [6.07, 6.45) is 0. The van der Waals surface area contributed by atoms with Crippen molar-refractivity contribution in [2.45, 2.75) is 0 Å². The second-order valence-electron chi connectivity index (χ2n) is 2.96. The summed E-state index contributed by atoms with van der Waals surface area (Å²) in [6, 6.07) is 0. The van der Waals surface area contributed by atoms with Crippen LogP contribution in [0.15, 0.2) is 0 Å². The van der Waals surface area contributed by atoms with Gasteiger partial charge in [-0.3, -0.25) is 4.21 Å². The second kappa shape index (κ2) is 14.0. The average molecular weight is 270 g/mol. The lowest BCUT2D eigenvalue weighted by molar-refractivity contribution is 0.00444.